The molecule has 0 aromatic carbocycles. The second-order valence-electron chi connectivity index (χ2n) is 5.78. The topological polar surface area (TPSA) is 84.2 Å². The van der Waals surface area contributed by atoms with Crippen LogP contribution < -0.4 is 16.4 Å². The summed E-state index contributed by atoms with van der Waals surface area (Å²) in [5, 5.41) is 5.39. The molecule has 0 radical (unpaired) electrons. The molecule has 5 nitrogen and oxygen atoms in total. The number of carbonyl (C=O) groups excluding carboxylic acids is 2. The summed E-state index contributed by atoms with van der Waals surface area (Å²) in [4.78, 5) is 22.7. The molecular weight excluding hydrogens is 230 g/mol. The molecule has 0 aliphatic carbocycles. The fourth-order valence-electron chi connectivity index (χ4n) is 1.77. The third kappa shape index (κ3) is 10.1. The zero-order chi connectivity index (χ0) is 14.2. The Morgan fingerprint density at radius 3 is 2.28 bits per heavy atom. The molecule has 0 aromatic heterocycles. The summed E-state index contributed by atoms with van der Waals surface area (Å²) in [7, 11) is 0. The van der Waals surface area contributed by atoms with Gasteiger partial charge in [-0.25, -0.2) is 0 Å². The van der Waals surface area contributed by atoms with Crippen LogP contribution in [-0.2, 0) is 9.59 Å². The second kappa shape index (κ2) is 8.08. The SMILES string of the molecule is CCNC(=O)CCNC(=O)CC(N)CC(C)(C)C. The molecule has 4 N–H and O–H groups in total. The number of nitrogens with one attached hydrogen (secondary N) is 2. The van der Waals surface area contributed by atoms with Crippen LogP contribution in [0, 0.1) is 5.41 Å². The molecular formula is C13H27N3O2. The van der Waals surface area contributed by atoms with Crippen LogP contribution in [0.3, 0.4) is 0 Å². The van der Waals surface area contributed by atoms with Gasteiger partial charge in [-0.15, -0.1) is 0 Å². The van der Waals surface area contributed by atoms with Gasteiger partial charge in [0.05, 0.1) is 0 Å². The van der Waals surface area contributed by atoms with E-state index in [9.17, 15) is 9.59 Å². The van der Waals surface area contributed by atoms with Crippen LogP contribution in [-0.4, -0.2) is 30.9 Å². The minimum Gasteiger partial charge on any atom is -0.356 e. The number of hydrogen-bond acceptors (Lipinski definition) is 3. The van der Waals surface area contributed by atoms with Gasteiger partial charge in [0.25, 0.3) is 0 Å². The molecule has 0 spiro atoms. The second-order valence-corrected chi connectivity index (χ2v) is 5.78. The van der Waals surface area contributed by atoms with Crippen molar-refractivity contribution in [2.75, 3.05) is 13.1 Å². The van der Waals surface area contributed by atoms with Crippen molar-refractivity contribution in [2.45, 2.75) is 53.0 Å². The summed E-state index contributed by atoms with van der Waals surface area (Å²) in [6, 6.07) is -0.130. The lowest BCUT2D eigenvalue weighted by Crippen LogP contribution is -2.36. The van der Waals surface area contributed by atoms with E-state index in [1.807, 2.05) is 6.92 Å². The molecule has 0 rings (SSSR count). The highest BCUT2D eigenvalue weighted by atomic mass is 16.2. The number of nitrogens with two attached hydrogens (primary N) is 1. The first-order chi connectivity index (χ1) is 8.24. The van der Waals surface area contributed by atoms with Gasteiger partial charge < -0.3 is 16.4 Å². The zero-order valence-corrected chi connectivity index (χ0v) is 12.0. The Bertz CT molecular complexity index is 272. The maximum Gasteiger partial charge on any atom is 0.221 e. The highest BCUT2D eigenvalue weighted by Crippen LogP contribution is 2.20. The summed E-state index contributed by atoms with van der Waals surface area (Å²) in [6.45, 7) is 9.14. The molecule has 2 amide bonds. The first-order valence-corrected chi connectivity index (χ1v) is 6.53. The molecule has 0 saturated heterocycles. The smallest absolute Gasteiger partial charge is 0.221 e. The average Bonchev–Trinajstić information content (AvgIpc) is 2.14. The van der Waals surface area contributed by atoms with E-state index in [1.165, 1.54) is 0 Å². The quantitative estimate of drug-likeness (QED) is 0.630. The predicted octanol–water partition coefficient (Wildman–Crippen LogP) is 0.782. The molecule has 1 atom stereocenters. The lowest BCUT2D eigenvalue weighted by Gasteiger charge is -2.22. The Labute approximate surface area is 110 Å². The summed E-state index contributed by atoms with van der Waals surface area (Å²) in [6.07, 6.45) is 1.43. The molecule has 0 aliphatic heterocycles. The Hall–Kier alpha value is -1.10. The van der Waals surface area contributed by atoms with E-state index in [2.05, 4.69) is 31.4 Å². The molecule has 0 saturated carbocycles. The highest BCUT2D eigenvalue weighted by molar-refractivity contribution is 5.79. The fourth-order valence-corrected chi connectivity index (χ4v) is 1.77. The molecule has 5 heteroatoms. The monoisotopic (exact) mass is 257 g/mol. The van der Waals surface area contributed by atoms with Crippen molar-refractivity contribution in [3.8, 4) is 0 Å². The van der Waals surface area contributed by atoms with Crippen molar-refractivity contribution in [2.24, 2.45) is 11.1 Å². The van der Waals surface area contributed by atoms with Gasteiger partial charge in [0, 0.05) is 32.0 Å². The lowest BCUT2D eigenvalue weighted by molar-refractivity contribution is -0.122. The van der Waals surface area contributed by atoms with Crippen LogP contribution >= 0.6 is 0 Å². The lowest BCUT2D eigenvalue weighted by atomic mass is 9.87. The summed E-state index contributed by atoms with van der Waals surface area (Å²) >= 11 is 0. The van der Waals surface area contributed by atoms with E-state index in [0.717, 1.165) is 6.42 Å². The molecule has 0 fully saturated rings. The van der Waals surface area contributed by atoms with E-state index < -0.39 is 0 Å². The third-order valence-electron chi connectivity index (χ3n) is 2.37. The Kier molecular flexibility index (Phi) is 7.59. The standard InChI is InChI=1S/C13H27N3O2/c1-5-15-11(17)6-7-16-12(18)8-10(14)9-13(2,3)4/h10H,5-9,14H2,1-4H3,(H,15,17)(H,16,18). The number of hydrogen-bond donors (Lipinski definition) is 3. The molecule has 18 heavy (non-hydrogen) atoms. The summed E-state index contributed by atoms with van der Waals surface area (Å²) in [5.74, 6) is -0.132. The van der Waals surface area contributed by atoms with Gasteiger partial charge in [-0.05, 0) is 18.8 Å². The van der Waals surface area contributed by atoms with Gasteiger partial charge in [0.2, 0.25) is 11.8 Å². The van der Waals surface area contributed by atoms with Crippen LogP contribution in [0.5, 0.6) is 0 Å². The van der Waals surface area contributed by atoms with Crippen molar-refractivity contribution in [1.29, 1.82) is 0 Å². The van der Waals surface area contributed by atoms with Crippen LogP contribution in [0.15, 0.2) is 0 Å². The van der Waals surface area contributed by atoms with Crippen molar-refractivity contribution >= 4 is 11.8 Å². The van der Waals surface area contributed by atoms with E-state index in [-0.39, 0.29) is 23.3 Å². The summed E-state index contributed by atoms with van der Waals surface area (Å²) < 4.78 is 0. The first kappa shape index (κ1) is 16.9. The van der Waals surface area contributed by atoms with Gasteiger partial charge >= 0.3 is 0 Å². The minimum absolute atomic E-state index is 0.0446. The van der Waals surface area contributed by atoms with Gasteiger partial charge in [-0.3, -0.25) is 9.59 Å². The van der Waals surface area contributed by atoms with Crippen LogP contribution in [0.25, 0.3) is 0 Å². The van der Waals surface area contributed by atoms with Gasteiger partial charge in [-0.2, -0.15) is 0 Å². The normalized spacial score (nSPS) is 12.9. The number of carbonyl (C=O) groups is 2. The van der Waals surface area contributed by atoms with Crippen molar-refractivity contribution < 1.29 is 9.59 Å². The van der Waals surface area contributed by atoms with E-state index >= 15 is 0 Å². The minimum atomic E-state index is -0.130. The molecule has 106 valence electrons. The molecule has 0 aliphatic rings. The Balaban J connectivity index is 3.74. The fraction of sp³-hybridized carbons (Fsp3) is 0.846. The highest BCUT2D eigenvalue weighted by Gasteiger charge is 2.17. The zero-order valence-electron chi connectivity index (χ0n) is 12.0. The van der Waals surface area contributed by atoms with Crippen LogP contribution in [0.2, 0.25) is 0 Å². The maximum absolute atomic E-state index is 11.6. The molecule has 0 bridgehead atoms. The van der Waals surface area contributed by atoms with Crippen molar-refractivity contribution in [1.82, 2.24) is 10.6 Å². The van der Waals surface area contributed by atoms with E-state index in [4.69, 9.17) is 5.73 Å². The molecule has 1 unspecified atom stereocenters. The third-order valence-corrected chi connectivity index (χ3v) is 2.37. The largest absolute Gasteiger partial charge is 0.356 e. The Morgan fingerprint density at radius 1 is 1.17 bits per heavy atom. The predicted molar refractivity (Wildman–Crippen MR) is 73.0 cm³/mol. The molecule has 0 aromatic rings. The van der Waals surface area contributed by atoms with Gasteiger partial charge in [0.15, 0.2) is 0 Å². The molecule has 0 heterocycles. The number of rotatable bonds is 7. The Morgan fingerprint density at radius 2 is 1.78 bits per heavy atom. The van der Waals surface area contributed by atoms with Gasteiger partial charge in [0.1, 0.15) is 0 Å². The average molecular weight is 257 g/mol. The van der Waals surface area contributed by atoms with Crippen molar-refractivity contribution in [3.05, 3.63) is 0 Å². The van der Waals surface area contributed by atoms with E-state index in [1.54, 1.807) is 0 Å². The first-order valence-electron chi connectivity index (χ1n) is 6.53. The van der Waals surface area contributed by atoms with Crippen molar-refractivity contribution in [3.63, 3.8) is 0 Å². The maximum atomic E-state index is 11.6. The van der Waals surface area contributed by atoms with Gasteiger partial charge in [-0.1, -0.05) is 20.8 Å². The van der Waals surface area contributed by atoms with Crippen LogP contribution in [0.4, 0.5) is 0 Å². The summed E-state index contributed by atoms with van der Waals surface area (Å²) in [5.41, 5.74) is 6.03. The van der Waals surface area contributed by atoms with E-state index in [0.29, 0.717) is 25.9 Å². The number of amides is 2. The van der Waals surface area contributed by atoms with Crippen LogP contribution in [0.1, 0.15) is 47.0 Å².